The molecule has 8 nitrogen and oxygen atoms in total. The molecule has 206 valence electrons. The number of benzene rings is 2. The predicted octanol–water partition coefficient (Wildman–Crippen LogP) is 4.89. The van der Waals surface area contributed by atoms with Crippen molar-refractivity contribution in [3.05, 3.63) is 83.6 Å². The Bertz CT molecular complexity index is 1550. The third kappa shape index (κ3) is 3.37. The molecule has 2 N–H and O–H groups in total. The minimum atomic E-state index is -1.37. The maximum absolute atomic E-state index is 14.4. The highest BCUT2D eigenvalue weighted by Gasteiger charge is 2.85. The summed E-state index contributed by atoms with van der Waals surface area (Å²) in [5.74, 6) is -0.766. The van der Waals surface area contributed by atoms with Gasteiger partial charge in [0.1, 0.15) is 4.32 Å². The van der Waals surface area contributed by atoms with Crippen LogP contribution in [0, 0.1) is 23.7 Å². The molecule has 6 rings (SSSR count). The number of nitrogens with two attached hydrogens (primary N) is 1. The number of likely N-dealkylation sites (tertiary alicyclic amines) is 1. The van der Waals surface area contributed by atoms with Crippen molar-refractivity contribution < 1.29 is 18.8 Å². The second-order valence-corrected chi connectivity index (χ2v) is 12.6. The number of aryl methyl sites for hydroxylation is 1. The number of allylic oxidation sites excluding steroid dienone is 2. The monoisotopic (exact) mass is 602 g/mol. The fourth-order valence-electron chi connectivity index (χ4n) is 7.29. The number of Topliss-reactive ketones (excluding diaryl/α,β-unsaturated/α-hetero) is 1. The number of aromatic nitrogens is 2. The summed E-state index contributed by atoms with van der Waals surface area (Å²) in [6.07, 6.45) is 1.81. The summed E-state index contributed by atoms with van der Waals surface area (Å²) in [5.41, 5.74) is 7.18. The van der Waals surface area contributed by atoms with Gasteiger partial charge in [-0.15, -0.1) is 10.2 Å². The molecular formula is C31H31BrN4O4. The molecule has 3 aromatic rings. The average molecular weight is 604 g/mol. The van der Waals surface area contributed by atoms with Crippen molar-refractivity contribution in [1.82, 2.24) is 15.1 Å². The van der Waals surface area contributed by atoms with Crippen LogP contribution in [0.5, 0.6) is 0 Å². The summed E-state index contributed by atoms with van der Waals surface area (Å²) in [7, 11) is 0. The van der Waals surface area contributed by atoms with E-state index in [-0.39, 0.29) is 24.1 Å². The molecule has 2 bridgehead atoms. The minimum Gasteiger partial charge on any atom is -0.424 e. The predicted molar refractivity (Wildman–Crippen MR) is 153 cm³/mol. The average Bonchev–Trinajstić information content (AvgIpc) is 3.57. The molecule has 3 aliphatic rings. The molecule has 2 amide bonds. The van der Waals surface area contributed by atoms with Gasteiger partial charge in [-0.3, -0.25) is 19.3 Å². The Morgan fingerprint density at radius 3 is 2.12 bits per heavy atom. The van der Waals surface area contributed by atoms with Gasteiger partial charge in [-0.1, -0.05) is 76.6 Å². The van der Waals surface area contributed by atoms with E-state index in [4.69, 9.17) is 10.2 Å². The number of hydrogen-bond donors (Lipinski definition) is 1. The highest BCUT2D eigenvalue weighted by molar-refractivity contribution is 9.10. The summed E-state index contributed by atoms with van der Waals surface area (Å²) < 4.78 is 4.05. The van der Waals surface area contributed by atoms with Crippen LogP contribution >= 0.6 is 15.9 Å². The number of alkyl halides is 1. The van der Waals surface area contributed by atoms with Crippen LogP contribution in [0.25, 0.3) is 11.1 Å². The molecule has 0 spiro atoms. The van der Waals surface area contributed by atoms with Gasteiger partial charge in [0, 0.05) is 13.5 Å². The Hall–Kier alpha value is -3.43. The number of amides is 2. The van der Waals surface area contributed by atoms with Crippen LogP contribution in [-0.2, 0) is 14.4 Å². The molecule has 5 atom stereocenters. The quantitative estimate of drug-likeness (QED) is 0.221. The smallest absolute Gasteiger partial charge is 0.248 e. The van der Waals surface area contributed by atoms with E-state index in [1.165, 1.54) is 4.90 Å². The summed E-state index contributed by atoms with van der Waals surface area (Å²) in [6.45, 7) is 5.64. The Morgan fingerprint density at radius 1 is 0.950 bits per heavy atom. The summed E-state index contributed by atoms with van der Waals surface area (Å²) >= 11 is 3.80. The van der Waals surface area contributed by atoms with Gasteiger partial charge >= 0.3 is 0 Å². The Labute approximate surface area is 241 Å². The molecule has 2 fully saturated rings. The highest BCUT2D eigenvalue weighted by Crippen LogP contribution is 2.77. The maximum Gasteiger partial charge on any atom is 0.248 e. The van der Waals surface area contributed by atoms with Crippen LogP contribution in [0.15, 0.2) is 65.1 Å². The minimum absolute atomic E-state index is 0.0956. The van der Waals surface area contributed by atoms with E-state index in [1.807, 2.05) is 74.5 Å². The SMILES string of the molecule is Cc1nnc([C@@H](N)CCCCN2C(=O)C3C4(C)C(=O)C(C)(C(c5ccccc5)=C4c4ccccc4)C3(Br)C2=O)o1. The van der Waals surface area contributed by atoms with Crippen LogP contribution in [0.3, 0.4) is 0 Å². The lowest BCUT2D eigenvalue weighted by atomic mass is 9.63. The molecule has 40 heavy (non-hydrogen) atoms. The van der Waals surface area contributed by atoms with Crippen LogP contribution < -0.4 is 5.73 Å². The number of hydrogen-bond acceptors (Lipinski definition) is 7. The summed E-state index contributed by atoms with van der Waals surface area (Å²) in [4.78, 5) is 44.1. The largest absolute Gasteiger partial charge is 0.424 e. The third-order valence-corrected chi connectivity index (χ3v) is 10.7. The van der Waals surface area contributed by atoms with Gasteiger partial charge in [-0.2, -0.15) is 0 Å². The summed E-state index contributed by atoms with van der Waals surface area (Å²) in [6, 6.07) is 19.1. The van der Waals surface area contributed by atoms with Gasteiger partial charge in [0.2, 0.25) is 23.6 Å². The van der Waals surface area contributed by atoms with Gasteiger partial charge in [0.05, 0.1) is 22.8 Å². The van der Waals surface area contributed by atoms with Gasteiger partial charge in [-0.05, 0) is 55.4 Å². The van der Waals surface area contributed by atoms with Crippen LogP contribution in [0.4, 0.5) is 0 Å². The van der Waals surface area contributed by atoms with Crippen LogP contribution in [0.2, 0.25) is 0 Å². The normalized spacial score (nSPS) is 30.0. The van der Waals surface area contributed by atoms with Crippen LogP contribution in [0.1, 0.15) is 62.1 Å². The van der Waals surface area contributed by atoms with E-state index < -0.39 is 27.1 Å². The molecule has 9 heteroatoms. The Balaban J connectivity index is 1.35. The maximum atomic E-state index is 14.4. The second kappa shape index (κ2) is 9.31. The van der Waals surface area contributed by atoms with Crippen molar-refractivity contribution in [2.24, 2.45) is 22.5 Å². The first-order valence-electron chi connectivity index (χ1n) is 13.6. The number of nitrogens with zero attached hydrogens (tertiary/aromatic N) is 3. The lowest BCUT2D eigenvalue weighted by molar-refractivity contribution is -0.144. The van der Waals surface area contributed by atoms with Gasteiger partial charge < -0.3 is 10.2 Å². The first kappa shape index (κ1) is 26.8. The second-order valence-electron chi connectivity index (χ2n) is 11.3. The van der Waals surface area contributed by atoms with E-state index >= 15 is 0 Å². The lowest BCUT2D eigenvalue weighted by Gasteiger charge is -2.41. The number of carbonyl (C=O) groups is 3. The van der Waals surface area contributed by atoms with Crippen molar-refractivity contribution >= 4 is 44.7 Å². The fraction of sp³-hybridized carbons (Fsp3) is 0.387. The number of rotatable bonds is 8. The van der Waals surface area contributed by atoms with Crippen molar-refractivity contribution in [2.75, 3.05) is 6.54 Å². The van der Waals surface area contributed by atoms with E-state index in [0.717, 1.165) is 22.3 Å². The molecule has 2 heterocycles. The molecular weight excluding hydrogens is 572 g/mol. The van der Waals surface area contributed by atoms with E-state index in [0.29, 0.717) is 31.0 Å². The Kier molecular flexibility index (Phi) is 6.23. The zero-order valence-electron chi connectivity index (χ0n) is 22.7. The van der Waals surface area contributed by atoms with E-state index in [2.05, 4.69) is 26.1 Å². The van der Waals surface area contributed by atoms with Crippen LogP contribution in [-0.4, -0.2) is 43.6 Å². The topological polar surface area (TPSA) is 119 Å². The lowest BCUT2D eigenvalue weighted by Crippen LogP contribution is -2.50. The van der Waals surface area contributed by atoms with E-state index in [9.17, 15) is 14.4 Å². The zero-order chi connectivity index (χ0) is 28.4. The number of ketones is 1. The standard InChI is InChI=1S/C31H31BrN4O4/c1-18-34-35-25(40-18)21(33)16-10-11-17-36-26(37)24-29(2)22(19-12-6-4-7-13-19)23(20-14-8-5-9-15-20)30(3,27(29)38)31(24,32)28(36)39/h4-9,12-15,21,24H,10-11,16-17,33H2,1-3H3/t21-,24?,29?,30?,31?/m0/s1. The number of carbonyl (C=O) groups excluding carboxylic acids is 3. The fourth-order valence-corrected chi connectivity index (χ4v) is 8.54. The van der Waals surface area contributed by atoms with Crippen molar-refractivity contribution in [3.8, 4) is 0 Å². The number of fused-ring (bicyclic) bond motifs is 5. The first-order chi connectivity index (χ1) is 19.1. The molecule has 1 aromatic heterocycles. The van der Waals surface area contributed by atoms with Crippen molar-refractivity contribution in [1.29, 1.82) is 0 Å². The third-order valence-electron chi connectivity index (χ3n) is 9.10. The number of unbranched alkanes of at least 4 members (excludes halogenated alkanes) is 1. The van der Waals surface area contributed by atoms with Gasteiger partial charge in [0.15, 0.2) is 5.78 Å². The number of imide groups is 1. The van der Waals surface area contributed by atoms with E-state index in [1.54, 1.807) is 6.92 Å². The van der Waals surface area contributed by atoms with Crippen molar-refractivity contribution in [3.63, 3.8) is 0 Å². The molecule has 1 saturated carbocycles. The molecule has 2 aliphatic carbocycles. The molecule has 1 aliphatic heterocycles. The summed E-state index contributed by atoms with van der Waals surface area (Å²) in [5, 5.41) is 7.80. The van der Waals surface area contributed by atoms with Gasteiger partial charge in [0.25, 0.3) is 0 Å². The van der Waals surface area contributed by atoms with Gasteiger partial charge in [-0.25, -0.2) is 0 Å². The highest BCUT2D eigenvalue weighted by atomic mass is 79.9. The molecule has 0 radical (unpaired) electrons. The zero-order valence-corrected chi connectivity index (χ0v) is 24.3. The first-order valence-corrected chi connectivity index (χ1v) is 14.4. The molecule has 1 saturated heterocycles. The Morgan fingerprint density at radius 2 is 1.55 bits per heavy atom. The molecule has 4 unspecified atom stereocenters. The van der Waals surface area contributed by atoms with Crippen molar-refractivity contribution in [2.45, 2.75) is 50.4 Å². The number of halogens is 1. The molecule has 2 aromatic carbocycles.